The number of hydrogen-bond donors (Lipinski definition) is 1. The summed E-state index contributed by atoms with van der Waals surface area (Å²) in [7, 11) is 0. The lowest BCUT2D eigenvalue weighted by atomic mass is 10.3. The van der Waals surface area contributed by atoms with Gasteiger partial charge >= 0.3 is 6.09 Å². The van der Waals surface area contributed by atoms with Crippen LogP contribution in [0.25, 0.3) is 0 Å². The summed E-state index contributed by atoms with van der Waals surface area (Å²) in [5.74, 6) is 5.45. The van der Waals surface area contributed by atoms with E-state index in [-0.39, 0.29) is 6.61 Å². The quantitative estimate of drug-likeness (QED) is 0.580. The summed E-state index contributed by atoms with van der Waals surface area (Å²) in [6.07, 6.45) is 1.08. The van der Waals surface area contributed by atoms with Gasteiger partial charge < -0.3 is 10.5 Å². The Balaban J connectivity index is 3.20. The van der Waals surface area contributed by atoms with Gasteiger partial charge in [0.15, 0.2) is 6.61 Å². The Hall–Kier alpha value is -1.17. The number of rotatable bonds is 2. The van der Waals surface area contributed by atoms with E-state index < -0.39 is 6.09 Å². The molecular formula is C7H11NO2. The number of nitrogens with two attached hydrogens (primary N) is 1. The van der Waals surface area contributed by atoms with Crippen LogP contribution in [0.2, 0.25) is 0 Å². The van der Waals surface area contributed by atoms with Gasteiger partial charge in [-0.05, 0) is 6.42 Å². The molecule has 0 atom stereocenters. The topological polar surface area (TPSA) is 52.3 Å². The monoisotopic (exact) mass is 141 g/mol. The van der Waals surface area contributed by atoms with Gasteiger partial charge in [-0.15, -0.1) is 0 Å². The lowest BCUT2D eigenvalue weighted by Crippen LogP contribution is -2.12. The molecule has 0 aliphatic heterocycles. The molecule has 0 aromatic heterocycles. The highest BCUT2D eigenvalue weighted by Gasteiger charge is 1.85. The van der Waals surface area contributed by atoms with Crippen LogP contribution in [-0.4, -0.2) is 12.7 Å². The van der Waals surface area contributed by atoms with Crippen LogP contribution in [0.1, 0.15) is 19.8 Å². The molecule has 2 N–H and O–H groups in total. The zero-order valence-electron chi connectivity index (χ0n) is 6.02. The van der Waals surface area contributed by atoms with Gasteiger partial charge in [0, 0.05) is 6.42 Å². The van der Waals surface area contributed by atoms with Gasteiger partial charge in [-0.25, -0.2) is 4.79 Å². The molecule has 0 aliphatic rings. The Kier molecular flexibility index (Phi) is 5.26. The molecule has 0 spiro atoms. The number of carbonyl (C=O) groups excluding carboxylic acids is 1. The molecule has 0 fully saturated rings. The summed E-state index contributed by atoms with van der Waals surface area (Å²) in [5.41, 5.74) is 4.68. The molecule has 3 heteroatoms. The minimum Gasteiger partial charge on any atom is -0.437 e. The maximum atomic E-state index is 9.96. The predicted molar refractivity (Wildman–Crippen MR) is 38.2 cm³/mol. The van der Waals surface area contributed by atoms with Crippen molar-refractivity contribution in [1.29, 1.82) is 0 Å². The van der Waals surface area contributed by atoms with Gasteiger partial charge in [0.1, 0.15) is 0 Å². The molecule has 0 saturated heterocycles. The van der Waals surface area contributed by atoms with Gasteiger partial charge in [-0.1, -0.05) is 18.8 Å². The molecule has 0 bridgehead atoms. The van der Waals surface area contributed by atoms with Gasteiger partial charge in [0.05, 0.1) is 0 Å². The second-order valence-electron chi connectivity index (χ2n) is 1.71. The number of hydrogen-bond acceptors (Lipinski definition) is 2. The first-order valence-corrected chi connectivity index (χ1v) is 3.15. The Morgan fingerprint density at radius 3 is 2.80 bits per heavy atom. The molecule has 0 aromatic rings. The largest absolute Gasteiger partial charge is 0.437 e. The standard InChI is InChI=1S/C7H11NO2/c1-2-3-4-5-6-10-7(8)9/h2-3,6H2,1H3,(H2,8,9). The Morgan fingerprint density at radius 2 is 2.30 bits per heavy atom. The van der Waals surface area contributed by atoms with Crippen molar-refractivity contribution in [2.45, 2.75) is 19.8 Å². The second-order valence-corrected chi connectivity index (χ2v) is 1.71. The van der Waals surface area contributed by atoms with E-state index in [4.69, 9.17) is 0 Å². The number of ether oxygens (including phenoxy) is 1. The second kappa shape index (κ2) is 5.96. The molecule has 0 aromatic carbocycles. The van der Waals surface area contributed by atoms with Crippen molar-refractivity contribution < 1.29 is 9.53 Å². The fraction of sp³-hybridized carbons (Fsp3) is 0.571. The zero-order valence-corrected chi connectivity index (χ0v) is 6.02. The average Bonchev–Trinajstić information content (AvgIpc) is 1.87. The first-order valence-electron chi connectivity index (χ1n) is 3.15. The molecule has 0 radical (unpaired) electrons. The fourth-order valence-electron chi connectivity index (χ4n) is 0.372. The van der Waals surface area contributed by atoms with E-state index in [9.17, 15) is 4.79 Å². The summed E-state index contributed by atoms with van der Waals surface area (Å²) >= 11 is 0. The predicted octanol–water partition coefficient (Wildman–Crippen LogP) is 0.885. The average molecular weight is 141 g/mol. The highest BCUT2D eigenvalue weighted by Crippen LogP contribution is 1.80. The number of carbonyl (C=O) groups is 1. The minimum atomic E-state index is -0.772. The van der Waals surface area contributed by atoms with Crippen molar-refractivity contribution in [2.24, 2.45) is 5.73 Å². The van der Waals surface area contributed by atoms with Crippen LogP contribution >= 0.6 is 0 Å². The molecule has 1 amide bonds. The number of primary amides is 1. The van der Waals surface area contributed by atoms with Crippen molar-refractivity contribution in [3.63, 3.8) is 0 Å². The third-order valence-corrected chi connectivity index (χ3v) is 0.787. The molecular weight excluding hydrogens is 130 g/mol. The van der Waals surface area contributed by atoms with Gasteiger partial charge in [-0.3, -0.25) is 0 Å². The first kappa shape index (κ1) is 8.83. The van der Waals surface area contributed by atoms with Gasteiger partial charge in [0.25, 0.3) is 0 Å². The molecule has 3 nitrogen and oxygen atoms in total. The molecule has 0 rings (SSSR count). The summed E-state index contributed by atoms with van der Waals surface area (Å²) in [6, 6.07) is 0. The smallest absolute Gasteiger partial charge is 0.405 e. The van der Waals surface area contributed by atoms with Crippen LogP contribution in [0.4, 0.5) is 4.79 Å². The highest BCUT2D eigenvalue weighted by atomic mass is 16.5. The fourth-order valence-corrected chi connectivity index (χ4v) is 0.372. The lowest BCUT2D eigenvalue weighted by Gasteiger charge is -1.90. The summed E-state index contributed by atoms with van der Waals surface area (Å²) in [5, 5.41) is 0. The van der Waals surface area contributed by atoms with E-state index in [0.717, 1.165) is 12.8 Å². The molecule has 0 aliphatic carbocycles. The Labute approximate surface area is 60.5 Å². The van der Waals surface area contributed by atoms with Crippen LogP contribution in [0, 0.1) is 11.8 Å². The molecule has 0 saturated carbocycles. The zero-order chi connectivity index (χ0) is 7.82. The maximum absolute atomic E-state index is 9.96. The van der Waals surface area contributed by atoms with Gasteiger partial charge in [-0.2, -0.15) is 0 Å². The normalized spacial score (nSPS) is 7.70. The molecule has 0 heterocycles. The molecule has 10 heavy (non-hydrogen) atoms. The number of amides is 1. The van der Waals surface area contributed by atoms with Crippen molar-refractivity contribution in [2.75, 3.05) is 6.61 Å². The molecule has 0 unspecified atom stereocenters. The Morgan fingerprint density at radius 1 is 1.60 bits per heavy atom. The van der Waals surface area contributed by atoms with E-state index in [1.807, 2.05) is 6.92 Å². The maximum Gasteiger partial charge on any atom is 0.405 e. The minimum absolute atomic E-state index is 0.106. The van der Waals surface area contributed by atoms with Crippen molar-refractivity contribution >= 4 is 6.09 Å². The van der Waals surface area contributed by atoms with Crippen molar-refractivity contribution in [3.8, 4) is 11.8 Å². The number of unbranched alkanes of at least 4 members (excludes halogenated alkanes) is 1. The van der Waals surface area contributed by atoms with Crippen LogP contribution < -0.4 is 5.73 Å². The third-order valence-electron chi connectivity index (χ3n) is 0.787. The summed E-state index contributed by atoms with van der Waals surface area (Å²) < 4.78 is 4.35. The third kappa shape index (κ3) is 6.83. The van der Waals surface area contributed by atoms with Crippen LogP contribution in [0.15, 0.2) is 0 Å². The van der Waals surface area contributed by atoms with Crippen molar-refractivity contribution in [3.05, 3.63) is 0 Å². The lowest BCUT2D eigenvalue weighted by molar-refractivity contribution is 0.171. The summed E-state index contributed by atoms with van der Waals surface area (Å²) in [4.78, 5) is 9.96. The van der Waals surface area contributed by atoms with Gasteiger partial charge in [0.2, 0.25) is 0 Å². The van der Waals surface area contributed by atoms with E-state index in [1.54, 1.807) is 0 Å². The summed E-state index contributed by atoms with van der Waals surface area (Å²) in [6.45, 7) is 2.14. The van der Waals surface area contributed by atoms with E-state index >= 15 is 0 Å². The first-order chi connectivity index (χ1) is 4.77. The SMILES string of the molecule is CCCC#CCOC(N)=O. The van der Waals surface area contributed by atoms with Crippen molar-refractivity contribution in [1.82, 2.24) is 0 Å². The van der Waals surface area contributed by atoms with E-state index in [0.29, 0.717) is 0 Å². The van der Waals surface area contributed by atoms with Crippen LogP contribution in [-0.2, 0) is 4.74 Å². The van der Waals surface area contributed by atoms with Crippen LogP contribution in [0.3, 0.4) is 0 Å². The van der Waals surface area contributed by atoms with Crippen LogP contribution in [0.5, 0.6) is 0 Å². The van der Waals surface area contributed by atoms with E-state index in [1.165, 1.54) is 0 Å². The van der Waals surface area contributed by atoms with E-state index in [2.05, 4.69) is 22.3 Å². The highest BCUT2D eigenvalue weighted by molar-refractivity contribution is 5.64. The Bertz CT molecular complexity index is 155. The molecule has 56 valence electrons.